The van der Waals surface area contributed by atoms with Gasteiger partial charge in [0.1, 0.15) is 0 Å². The van der Waals surface area contributed by atoms with Crippen LogP contribution in [0, 0.1) is 0 Å². The Bertz CT molecular complexity index is 222. The van der Waals surface area contributed by atoms with Gasteiger partial charge in [-0.05, 0) is 12.8 Å². The lowest BCUT2D eigenvalue weighted by molar-refractivity contribution is 0.0381. The van der Waals surface area contributed by atoms with E-state index in [0.717, 1.165) is 63.7 Å². The second-order valence-electron chi connectivity index (χ2n) is 4.53. The first-order valence-electron chi connectivity index (χ1n) is 6.23. The van der Waals surface area contributed by atoms with Gasteiger partial charge in [-0.2, -0.15) is 0 Å². The van der Waals surface area contributed by atoms with E-state index in [1.54, 1.807) is 0 Å². The van der Waals surface area contributed by atoms with Crippen molar-refractivity contribution < 1.29 is 8.95 Å². The summed E-state index contributed by atoms with van der Waals surface area (Å²) < 4.78 is 16.5. The van der Waals surface area contributed by atoms with Gasteiger partial charge in [0.05, 0.1) is 13.2 Å². The molecule has 0 aromatic carbocycles. The highest BCUT2D eigenvalue weighted by molar-refractivity contribution is 7.85. The van der Waals surface area contributed by atoms with E-state index in [1.165, 1.54) is 0 Å². The van der Waals surface area contributed by atoms with Crippen LogP contribution in [0.25, 0.3) is 0 Å². The lowest BCUT2D eigenvalue weighted by atomic mass is 10.1. The first kappa shape index (κ1) is 12.5. The lowest BCUT2D eigenvalue weighted by Gasteiger charge is -2.28. The number of ether oxygens (including phenoxy) is 1. The summed E-state index contributed by atoms with van der Waals surface area (Å²) in [6.07, 6.45) is 2.16. The van der Waals surface area contributed by atoms with Gasteiger partial charge >= 0.3 is 0 Å². The van der Waals surface area contributed by atoms with E-state index < -0.39 is 10.8 Å². The summed E-state index contributed by atoms with van der Waals surface area (Å²) in [5.41, 5.74) is 0. The van der Waals surface area contributed by atoms with Gasteiger partial charge in [-0.15, -0.1) is 0 Å². The second kappa shape index (κ2) is 6.69. The van der Waals surface area contributed by atoms with E-state index in [0.29, 0.717) is 6.04 Å². The van der Waals surface area contributed by atoms with Crippen molar-refractivity contribution >= 4 is 10.8 Å². The third kappa shape index (κ3) is 4.13. The van der Waals surface area contributed by atoms with Gasteiger partial charge in [-0.1, -0.05) is 0 Å². The molecular weight excluding hydrogens is 224 g/mol. The van der Waals surface area contributed by atoms with E-state index >= 15 is 0 Å². The van der Waals surface area contributed by atoms with Crippen molar-refractivity contribution in [2.45, 2.75) is 18.9 Å². The third-order valence-electron chi connectivity index (χ3n) is 3.35. The van der Waals surface area contributed by atoms with Crippen molar-refractivity contribution in [2.24, 2.45) is 0 Å². The molecule has 16 heavy (non-hydrogen) atoms. The monoisotopic (exact) mass is 246 g/mol. The molecule has 2 aliphatic heterocycles. The average Bonchev–Trinajstić information content (AvgIpc) is 2.33. The van der Waals surface area contributed by atoms with Gasteiger partial charge in [0.2, 0.25) is 0 Å². The SMILES string of the molecule is O=S1CCC(NCCN2CCOCC2)CC1. The maximum atomic E-state index is 11.2. The van der Waals surface area contributed by atoms with Crippen LogP contribution in [0.15, 0.2) is 0 Å². The van der Waals surface area contributed by atoms with Crippen LogP contribution in [-0.2, 0) is 15.5 Å². The van der Waals surface area contributed by atoms with Crippen molar-refractivity contribution in [3.63, 3.8) is 0 Å². The highest BCUT2D eigenvalue weighted by atomic mass is 32.2. The summed E-state index contributed by atoms with van der Waals surface area (Å²) >= 11 is 0. The summed E-state index contributed by atoms with van der Waals surface area (Å²) in [7, 11) is -0.538. The molecule has 0 aromatic rings. The van der Waals surface area contributed by atoms with E-state index in [2.05, 4.69) is 10.2 Å². The minimum Gasteiger partial charge on any atom is -0.379 e. The molecule has 0 unspecified atom stereocenters. The Morgan fingerprint density at radius 1 is 1.25 bits per heavy atom. The molecule has 2 saturated heterocycles. The van der Waals surface area contributed by atoms with Crippen molar-refractivity contribution in [1.82, 2.24) is 10.2 Å². The zero-order valence-corrected chi connectivity index (χ0v) is 10.6. The van der Waals surface area contributed by atoms with Crippen molar-refractivity contribution in [3.05, 3.63) is 0 Å². The number of hydrogen-bond donors (Lipinski definition) is 1. The molecule has 0 spiro atoms. The zero-order chi connectivity index (χ0) is 11.2. The van der Waals surface area contributed by atoms with E-state index in [1.807, 2.05) is 0 Å². The Labute approximate surface area is 100 Å². The number of rotatable bonds is 4. The Kier molecular flexibility index (Phi) is 5.22. The van der Waals surface area contributed by atoms with Gasteiger partial charge in [0.15, 0.2) is 0 Å². The van der Waals surface area contributed by atoms with Crippen molar-refractivity contribution in [3.8, 4) is 0 Å². The summed E-state index contributed by atoms with van der Waals surface area (Å²) in [5, 5.41) is 3.57. The summed E-state index contributed by atoms with van der Waals surface area (Å²) in [6.45, 7) is 6.05. The molecule has 4 nitrogen and oxygen atoms in total. The fraction of sp³-hybridized carbons (Fsp3) is 1.00. The smallest absolute Gasteiger partial charge is 0.0594 e. The topological polar surface area (TPSA) is 41.6 Å². The highest BCUT2D eigenvalue weighted by Gasteiger charge is 2.17. The van der Waals surface area contributed by atoms with Crippen LogP contribution in [-0.4, -0.2) is 66.0 Å². The standard InChI is InChI=1S/C11H22N2O2S/c14-16-9-1-11(2-10-16)12-3-4-13-5-7-15-8-6-13/h11-12H,1-10H2. The van der Waals surface area contributed by atoms with Crippen LogP contribution in [0.3, 0.4) is 0 Å². The zero-order valence-electron chi connectivity index (χ0n) is 9.82. The van der Waals surface area contributed by atoms with Crippen molar-refractivity contribution in [2.75, 3.05) is 50.9 Å². The Hall–Kier alpha value is 0.0300. The molecule has 2 heterocycles. The molecule has 0 aromatic heterocycles. The molecule has 0 saturated carbocycles. The summed E-state index contributed by atoms with van der Waals surface area (Å²) in [6, 6.07) is 0.596. The minimum atomic E-state index is -0.538. The van der Waals surface area contributed by atoms with Gasteiger partial charge in [0, 0.05) is 54.5 Å². The predicted molar refractivity (Wildman–Crippen MR) is 66.2 cm³/mol. The van der Waals surface area contributed by atoms with E-state index in [4.69, 9.17) is 4.74 Å². The molecule has 94 valence electrons. The molecule has 0 aliphatic carbocycles. The van der Waals surface area contributed by atoms with E-state index in [-0.39, 0.29) is 0 Å². The number of hydrogen-bond acceptors (Lipinski definition) is 4. The van der Waals surface area contributed by atoms with Gasteiger partial charge in [0.25, 0.3) is 0 Å². The van der Waals surface area contributed by atoms with Crippen LogP contribution in [0.1, 0.15) is 12.8 Å². The number of nitrogens with one attached hydrogen (secondary N) is 1. The summed E-state index contributed by atoms with van der Waals surface area (Å²) in [4.78, 5) is 2.44. The minimum absolute atomic E-state index is 0.538. The second-order valence-corrected chi connectivity index (χ2v) is 6.23. The molecule has 0 amide bonds. The normalized spacial score (nSPS) is 32.8. The van der Waals surface area contributed by atoms with Gasteiger partial charge < -0.3 is 10.1 Å². The van der Waals surface area contributed by atoms with Crippen LogP contribution >= 0.6 is 0 Å². The van der Waals surface area contributed by atoms with Gasteiger partial charge in [-0.25, -0.2) is 0 Å². The molecule has 5 heteroatoms. The predicted octanol–water partition coefficient (Wildman–Crippen LogP) is -0.181. The summed E-state index contributed by atoms with van der Waals surface area (Å²) in [5.74, 6) is 1.77. The Morgan fingerprint density at radius 2 is 1.94 bits per heavy atom. The molecule has 0 atom stereocenters. The van der Waals surface area contributed by atoms with Crippen LogP contribution in [0.5, 0.6) is 0 Å². The Balaban J connectivity index is 1.55. The molecule has 0 radical (unpaired) electrons. The first-order chi connectivity index (χ1) is 7.84. The van der Waals surface area contributed by atoms with E-state index in [9.17, 15) is 4.21 Å². The average molecular weight is 246 g/mol. The number of morpholine rings is 1. The highest BCUT2D eigenvalue weighted by Crippen LogP contribution is 2.08. The fourth-order valence-corrected chi connectivity index (χ4v) is 3.55. The molecule has 0 bridgehead atoms. The lowest BCUT2D eigenvalue weighted by Crippen LogP contribution is -2.43. The Morgan fingerprint density at radius 3 is 2.62 bits per heavy atom. The largest absolute Gasteiger partial charge is 0.379 e. The fourth-order valence-electron chi connectivity index (χ4n) is 2.25. The maximum absolute atomic E-state index is 11.2. The van der Waals surface area contributed by atoms with Crippen LogP contribution in [0.4, 0.5) is 0 Å². The maximum Gasteiger partial charge on any atom is 0.0594 e. The van der Waals surface area contributed by atoms with Crippen LogP contribution in [0.2, 0.25) is 0 Å². The third-order valence-corrected chi connectivity index (χ3v) is 4.73. The molecule has 2 rings (SSSR count). The van der Waals surface area contributed by atoms with Crippen LogP contribution < -0.4 is 5.32 Å². The quantitative estimate of drug-likeness (QED) is 0.747. The van der Waals surface area contributed by atoms with Gasteiger partial charge in [-0.3, -0.25) is 9.11 Å². The molecular formula is C11H22N2O2S. The number of nitrogens with zero attached hydrogens (tertiary/aromatic N) is 1. The molecule has 2 fully saturated rings. The molecule has 1 N–H and O–H groups in total. The van der Waals surface area contributed by atoms with Crippen molar-refractivity contribution in [1.29, 1.82) is 0 Å². The molecule has 2 aliphatic rings. The first-order valence-corrected chi connectivity index (χ1v) is 7.72.